The van der Waals surface area contributed by atoms with E-state index in [0.717, 1.165) is 24.1 Å². The molecule has 3 rings (SSSR count). The van der Waals surface area contributed by atoms with Crippen molar-refractivity contribution < 1.29 is 4.79 Å². The predicted octanol–water partition coefficient (Wildman–Crippen LogP) is 4.76. The standard InChI is InChI=1S/C17H19ClN2OS/c1-16(2,3)13-10-22-15(19-13)20-14(21)17(7-8-17)11-5-4-6-12(18)9-11/h4-6,9-10H,7-8H2,1-3H3,(H,19,20,21). The summed E-state index contributed by atoms with van der Waals surface area (Å²) in [4.78, 5) is 17.2. The van der Waals surface area contributed by atoms with Crippen molar-refractivity contribution in [1.29, 1.82) is 0 Å². The van der Waals surface area contributed by atoms with E-state index in [1.165, 1.54) is 11.3 Å². The molecule has 1 N–H and O–H groups in total. The van der Waals surface area contributed by atoms with Gasteiger partial charge in [0.25, 0.3) is 0 Å². The molecule has 0 unspecified atom stereocenters. The van der Waals surface area contributed by atoms with Crippen molar-refractivity contribution in [3.05, 3.63) is 45.9 Å². The summed E-state index contributed by atoms with van der Waals surface area (Å²) >= 11 is 7.53. The second-order valence-electron chi connectivity index (χ2n) is 6.83. The monoisotopic (exact) mass is 334 g/mol. The summed E-state index contributed by atoms with van der Waals surface area (Å²) in [6.45, 7) is 6.34. The third-order valence-corrected chi connectivity index (χ3v) is 5.05. The quantitative estimate of drug-likeness (QED) is 0.878. The highest BCUT2D eigenvalue weighted by Gasteiger charge is 2.51. The van der Waals surface area contributed by atoms with Crippen LogP contribution in [0.4, 0.5) is 5.13 Å². The Kier molecular flexibility index (Phi) is 3.77. The average Bonchev–Trinajstić information content (AvgIpc) is 3.12. The first-order valence-corrected chi connectivity index (χ1v) is 8.60. The Morgan fingerprint density at radius 1 is 1.36 bits per heavy atom. The molecule has 0 aliphatic heterocycles. The SMILES string of the molecule is CC(C)(C)c1csc(NC(=O)C2(c3cccc(Cl)c3)CC2)n1. The summed E-state index contributed by atoms with van der Waals surface area (Å²) < 4.78 is 0. The van der Waals surface area contributed by atoms with Crippen LogP contribution in [-0.4, -0.2) is 10.9 Å². The maximum absolute atomic E-state index is 12.7. The normalized spacial score (nSPS) is 16.4. The lowest BCUT2D eigenvalue weighted by Crippen LogP contribution is -2.27. The van der Waals surface area contributed by atoms with Crippen LogP contribution in [-0.2, 0) is 15.6 Å². The van der Waals surface area contributed by atoms with Crippen molar-refractivity contribution in [1.82, 2.24) is 4.98 Å². The highest BCUT2D eigenvalue weighted by atomic mass is 35.5. The lowest BCUT2D eigenvalue weighted by molar-refractivity contribution is -0.118. The van der Waals surface area contributed by atoms with Gasteiger partial charge in [-0.25, -0.2) is 4.98 Å². The molecule has 0 saturated heterocycles. The maximum atomic E-state index is 12.7. The van der Waals surface area contributed by atoms with Gasteiger partial charge in [-0.3, -0.25) is 4.79 Å². The first kappa shape index (κ1) is 15.5. The van der Waals surface area contributed by atoms with Gasteiger partial charge in [-0.15, -0.1) is 11.3 Å². The van der Waals surface area contributed by atoms with E-state index >= 15 is 0 Å². The second-order valence-corrected chi connectivity index (χ2v) is 8.13. The van der Waals surface area contributed by atoms with E-state index in [1.807, 2.05) is 29.6 Å². The number of anilines is 1. The number of carbonyl (C=O) groups excluding carboxylic acids is 1. The lowest BCUT2D eigenvalue weighted by atomic mass is 9.93. The molecular formula is C17H19ClN2OS. The van der Waals surface area contributed by atoms with Crippen LogP contribution in [0.15, 0.2) is 29.6 Å². The Bertz CT molecular complexity index is 713. The van der Waals surface area contributed by atoms with Crippen molar-refractivity contribution in [2.75, 3.05) is 5.32 Å². The van der Waals surface area contributed by atoms with E-state index in [-0.39, 0.29) is 11.3 Å². The summed E-state index contributed by atoms with van der Waals surface area (Å²) in [5, 5.41) is 6.33. The van der Waals surface area contributed by atoms with Gasteiger partial charge in [-0.05, 0) is 30.5 Å². The van der Waals surface area contributed by atoms with Crippen LogP contribution >= 0.6 is 22.9 Å². The Morgan fingerprint density at radius 3 is 2.64 bits per heavy atom. The number of nitrogens with zero attached hydrogens (tertiary/aromatic N) is 1. The van der Waals surface area contributed by atoms with Crippen LogP contribution < -0.4 is 5.32 Å². The number of carbonyl (C=O) groups is 1. The van der Waals surface area contributed by atoms with Gasteiger partial charge in [-0.2, -0.15) is 0 Å². The predicted molar refractivity (Wildman–Crippen MR) is 91.8 cm³/mol. The molecule has 0 spiro atoms. The van der Waals surface area contributed by atoms with Crippen LogP contribution in [0.2, 0.25) is 5.02 Å². The smallest absolute Gasteiger partial charge is 0.236 e. The molecule has 1 aromatic carbocycles. The summed E-state index contributed by atoms with van der Waals surface area (Å²) in [7, 11) is 0. The molecule has 0 bridgehead atoms. The Morgan fingerprint density at radius 2 is 2.09 bits per heavy atom. The Balaban J connectivity index is 1.79. The minimum Gasteiger partial charge on any atom is -0.301 e. The number of halogens is 1. The fourth-order valence-corrected chi connectivity index (χ4v) is 3.57. The van der Waals surface area contributed by atoms with Gasteiger partial charge < -0.3 is 5.32 Å². The molecule has 1 amide bonds. The summed E-state index contributed by atoms with van der Waals surface area (Å²) in [6, 6.07) is 7.58. The van der Waals surface area contributed by atoms with E-state index in [0.29, 0.717) is 10.2 Å². The first-order chi connectivity index (χ1) is 10.3. The molecular weight excluding hydrogens is 316 g/mol. The topological polar surface area (TPSA) is 42.0 Å². The molecule has 1 aromatic heterocycles. The number of amides is 1. The van der Waals surface area contributed by atoms with Gasteiger partial charge in [0, 0.05) is 15.8 Å². The molecule has 0 radical (unpaired) electrons. The van der Waals surface area contributed by atoms with Crippen LogP contribution in [0.1, 0.15) is 44.9 Å². The number of aromatic nitrogens is 1. The third-order valence-electron chi connectivity index (χ3n) is 4.05. The number of rotatable bonds is 3. The highest BCUT2D eigenvalue weighted by Crippen LogP contribution is 2.49. The first-order valence-electron chi connectivity index (χ1n) is 7.35. The molecule has 1 saturated carbocycles. The van der Waals surface area contributed by atoms with Crippen molar-refractivity contribution in [3.8, 4) is 0 Å². The minimum absolute atomic E-state index is 0.0102. The molecule has 2 aromatic rings. The van der Waals surface area contributed by atoms with Gasteiger partial charge in [0.15, 0.2) is 5.13 Å². The van der Waals surface area contributed by atoms with Crippen LogP contribution in [0, 0.1) is 0 Å². The van der Waals surface area contributed by atoms with E-state index < -0.39 is 5.41 Å². The molecule has 1 heterocycles. The second kappa shape index (κ2) is 5.36. The Hall–Kier alpha value is -1.39. The van der Waals surface area contributed by atoms with Crippen LogP contribution in [0.5, 0.6) is 0 Å². The van der Waals surface area contributed by atoms with Gasteiger partial charge in [0.05, 0.1) is 11.1 Å². The molecule has 1 fully saturated rings. The van der Waals surface area contributed by atoms with E-state index in [1.54, 1.807) is 0 Å². The minimum atomic E-state index is -0.432. The number of thiazole rings is 1. The van der Waals surface area contributed by atoms with Gasteiger partial charge in [0.1, 0.15) is 0 Å². The lowest BCUT2D eigenvalue weighted by Gasteiger charge is -2.16. The highest BCUT2D eigenvalue weighted by molar-refractivity contribution is 7.14. The van der Waals surface area contributed by atoms with Crippen molar-refractivity contribution >= 4 is 34.0 Å². The van der Waals surface area contributed by atoms with Crippen LogP contribution in [0.25, 0.3) is 0 Å². The van der Waals surface area contributed by atoms with Gasteiger partial charge >= 0.3 is 0 Å². The Labute approximate surface area is 139 Å². The molecule has 22 heavy (non-hydrogen) atoms. The van der Waals surface area contributed by atoms with E-state index in [4.69, 9.17) is 11.6 Å². The van der Waals surface area contributed by atoms with Crippen molar-refractivity contribution in [2.45, 2.75) is 44.4 Å². The zero-order valence-corrected chi connectivity index (χ0v) is 14.5. The average molecular weight is 335 g/mol. The molecule has 3 nitrogen and oxygen atoms in total. The molecule has 116 valence electrons. The maximum Gasteiger partial charge on any atom is 0.236 e. The molecule has 0 atom stereocenters. The fourth-order valence-electron chi connectivity index (χ4n) is 2.45. The number of hydrogen-bond acceptors (Lipinski definition) is 3. The van der Waals surface area contributed by atoms with Gasteiger partial charge in [-0.1, -0.05) is 44.5 Å². The van der Waals surface area contributed by atoms with Gasteiger partial charge in [0.2, 0.25) is 5.91 Å². The summed E-state index contributed by atoms with van der Waals surface area (Å²) in [6.07, 6.45) is 1.72. The summed E-state index contributed by atoms with van der Waals surface area (Å²) in [5.41, 5.74) is 1.55. The molecule has 1 aliphatic rings. The van der Waals surface area contributed by atoms with Crippen molar-refractivity contribution in [3.63, 3.8) is 0 Å². The molecule has 5 heteroatoms. The van der Waals surface area contributed by atoms with Crippen molar-refractivity contribution in [2.24, 2.45) is 0 Å². The number of hydrogen-bond donors (Lipinski definition) is 1. The zero-order valence-electron chi connectivity index (χ0n) is 12.9. The largest absolute Gasteiger partial charge is 0.301 e. The zero-order chi connectivity index (χ0) is 16.0. The van der Waals surface area contributed by atoms with Crippen LogP contribution in [0.3, 0.4) is 0 Å². The summed E-state index contributed by atoms with van der Waals surface area (Å²) in [5.74, 6) is 0.0181. The molecule has 1 aliphatic carbocycles. The van der Waals surface area contributed by atoms with E-state index in [9.17, 15) is 4.79 Å². The fraction of sp³-hybridized carbons (Fsp3) is 0.412. The van der Waals surface area contributed by atoms with E-state index in [2.05, 4.69) is 31.1 Å². The third kappa shape index (κ3) is 2.90. The number of benzene rings is 1. The number of nitrogens with one attached hydrogen (secondary N) is 1.